The number of sulfonamides is 1. The lowest BCUT2D eigenvalue weighted by Gasteiger charge is -2.16. The van der Waals surface area contributed by atoms with Crippen molar-refractivity contribution in [3.05, 3.63) is 48.5 Å². The summed E-state index contributed by atoms with van der Waals surface area (Å²) in [7, 11) is -3.57. The van der Waals surface area contributed by atoms with Crippen LogP contribution in [0.4, 0.5) is 17.1 Å². The summed E-state index contributed by atoms with van der Waals surface area (Å²) >= 11 is 0. The molecule has 0 aliphatic carbocycles. The minimum atomic E-state index is -3.57. The van der Waals surface area contributed by atoms with Gasteiger partial charge in [-0.3, -0.25) is 9.59 Å². The van der Waals surface area contributed by atoms with Gasteiger partial charge >= 0.3 is 0 Å². The highest BCUT2D eigenvalue weighted by Gasteiger charge is 2.16. The maximum atomic E-state index is 12.4. The second kappa shape index (κ2) is 9.53. The second-order valence-corrected chi connectivity index (χ2v) is 8.63. The molecule has 0 saturated heterocycles. The molecule has 0 aromatic heterocycles. The first-order valence-electron chi connectivity index (χ1n) is 9.14. The summed E-state index contributed by atoms with van der Waals surface area (Å²) in [5.41, 5.74) is 1.89. The fraction of sp³-hybridized carbons (Fsp3) is 0.300. The third-order valence-corrected chi connectivity index (χ3v) is 5.48. The molecule has 9 heteroatoms. The first kappa shape index (κ1) is 22.4. The van der Waals surface area contributed by atoms with Gasteiger partial charge in [-0.1, -0.05) is 0 Å². The van der Waals surface area contributed by atoms with E-state index in [1.54, 1.807) is 57.2 Å². The summed E-state index contributed by atoms with van der Waals surface area (Å²) < 4.78 is 26.8. The summed E-state index contributed by atoms with van der Waals surface area (Å²) in [6.45, 7) is 6.63. The second-order valence-electron chi connectivity index (χ2n) is 6.91. The van der Waals surface area contributed by atoms with Crippen LogP contribution in [-0.4, -0.2) is 32.3 Å². The molecule has 1 atom stereocenters. The first-order valence-corrected chi connectivity index (χ1v) is 10.6. The number of hydrogen-bond acceptors (Lipinski definition) is 5. The molecule has 156 valence electrons. The molecule has 0 saturated carbocycles. The van der Waals surface area contributed by atoms with Gasteiger partial charge in [0, 0.05) is 30.0 Å². The number of rotatable bonds is 8. The topological polar surface area (TPSA) is 116 Å². The van der Waals surface area contributed by atoms with E-state index in [-0.39, 0.29) is 22.8 Å². The van der Waals surface area contributed by atoms with E-state index in [4.69, 9.17) is 0 Å². The Morgan fingerprint density at radius 3 is 1.79 bits per heavy atom. The summed E-state index contributed by atoms with van der Waals surface area (Å²) in [5.74, 6) is -0.427. The predicted octanol–water partition coefficient (Wildman–Crippen LogP) is 2.77. The summed E-state index contributed by atoms with van der Waals surface area (Å²) in [5, 5.41) is 8.49. The van der Waals surface area contributed by atoms with Crippen molar-refractivity contribution < 1.29 is 18.0 Å². The van der Waals surface area contributed by atoms with Gasteiger partial charge in [-0.2, -0.15) is 0 Å². The Bertz CT molecular complexity index is 955. The van der Waals surface area contributed by atoms with Crippen molar-refractivity contribution in [2.24, 2.45) is 0 Å². The molecule has 0 bridgehead atoms. The highest BCUT2D eigenvalue weighted by molar-refractivity contribution is 7.89. The first-order chi connectivity index (χ1) is 13.6. The smallest absolute Gasteiger partial charge is 0.246 e. The molecule has 0 unspecified atom stereocenters. The van der Waals surface area contributed by atoms with Gasteiger partial charge in [0.25, 0.3) is 0 Å². The van der Waals surface area contributed by atoms with Crippen LogP contribution >= 0.6 is 0 Å². The van der Waals surface area contributed by atoms with E-state index in [0.29, 0.717) is 11.4 Å². The Hall–Kier alpha value is -2.91. The average Bonchev–Trinajstić information content (AvgIpc) is 2.62. The van der Waals surface area contributed by atoms with E-state index in [2.05, 4.69) is 20.7 Å². The van der Waals surface area contributed by atoms with Crippen LogP contribution in [0.2, 0.25) is 0 Å². The van der Waals surface area contributed by atoms with Crippen LogP contribution in [0.5, 0.6) is 0 Å². The van der Waals surface area contributed by atoms with E-state index >= 15 is 0 Å². The van der Waals surface area contributed by atoms with Gasteiger partial charge in [-0.25, -0.2) is 13.1 Å². The minimum absolute atomic E-state index is 0.134. The van der Waals surface area contributed by atoms with Crippen LogP contribution in [0.25, 0.3) is 0 Å². The highest BCUT2D eigenvalue weighted by atomic mass is 32.2. The molecule has 2 aromatic carbocycles. The Morgan fingerprint density at radius 1 is 0.793 bits per heavy atom. The molecule has 0 heterocycles. The third kappa shape index (κ3) is 6.88. The molecule has 0 aliphatic heterocycles. The van der Waals surface area contributed by atoms with Gasteiger partial charge in [-0.15, -0.1) is 0 Å². The highest BCUT2D eigenvalue weighted by Crippen LogP contribution is 2.17. The van der Waals surface area contributed by atoms with E-state index in [1.165, 1.54) is 19.1 Å². The Labute approximate surface area is 171 Å². The molecule has 0 fully saturated rings. The molecule has 0 radical (unpaired) electrons. The normalized spacial score (nSPS) is 12.3. The maximum Gasteiger partial charge on any atom is 0.246 e. The van der Waals surface area contributed by atoms with Crippen molar-refractivity contribution in [3.8, 4) is 0 Å². The summed E-state index contributed by atoms with van der Waals surface area (Å²) in [6.07, 6.45) is 0. The van der Waals surface area contributed by atoms with Crippen molar-refractivity contribution in [1.29, 1.82) is 0 Å². The van der Waals surface area contributed by atoms with Gasteiger partial charge in [-0.05, 0) is 69.3 Å². The Balaban J connectivity index is 1.96. The SMILES string of the molecule is CC(=O)Nc1ccc(N[C@@H](C)C(=O)Nc2ccc(S(=O)(=O)NC(C)C)cc2)cc1. The molecule has 0 aliphatic rings. The summed E-state index contributed by atoms with van der Waals surface area (Å²) in [6, 6.07) is 12.2. The standard InChI is InChI=1S/C20H26N4O4S/c1-13(2)24-29(27,28)19-11-9-18(10-12-19)23-20(26)14(3)21-16-5-7-17(8-6-16)22-15(4)25/h5-14,21,24H,1-4H3,(H,22,25)(H,23,26)/t14-/m0/s1. The van der Waals surface area contributed by atoms with Gasteiger partial charge in [0.1, 0.15) is 6.04 Å². The van der Waals surface area contributed by atoms with Crippen molar-refractivity contribution >= 4 is 38.9 Å². The molecule has 0 spiro atoms. The van der Waals surface area contributed by atoms with E-state index in [9.17, 15) is 18.0 Å². The average molecular weight is 419 g/mol. The molecular weight excluding hydrogens is 392 g/mol. The lowest BCUT2D eigenvalue weighted by Crippen LogP contribution is -2.32. The van der Waals surface area contributed by atoms with Crippen LogP contribution in [-0.2, 0) is 19.6 Å². The molecule has 2 rings (SSSR count). The molecule has 4 N–H and O–H groups in total. The minimum Gasteiger partial charge on any atom is -0.374 e. The fourth-order valence-electron chi connectivity index (χ4n) is 2.51. The van der Waals surface area contributed by atoms with Crippen LogP contribution < -0.4 is 20.7 Å². The maximum absolute atomic E-state index is 12.4. The number of carbonyl (C=O) groups excluding carboxylic acids is 2. The zero-order chi connectivity index (χ0) is 21.6. The van der Waals surface area contributed by atoms with E-state index < -0.39 is 16.1 Å². The largest absolute Gasteiger partial charge is 0.374 e. The molecule has 29 heavy (non-hydrogen) atoms. The number of anilines is 3. The lowest BCUT2D eigenvalue weighted by atomic mass is 10.2. The van der Waals surface area contributed by atoms with Crippen LogP contribution in [0, 0.1) is 0 Å². The van der Waals surface area contributed by atoms with Crippen LogP contribution in [0.3, 0.4) is 0 Å². The van der Waals surface area contributed by atoms with Crippen LogP contribution in [0.15, 0.2) is 53.4 Å². The van der Waals surface area contributed by atoms with Crippen LogP contribution in [0.1, 0.15) is 27.7 Å². The van der Waals surface area contributed by atoms with Crippen molar-refractivity contribution in [3.63, 3.8) is 0 Å². The zero-order valence-electron chi connectivity index (χ0n) is 16.8. The number of nitrogens with one attached hydrogen (secondary N) is 4. The monoisotopic (exact) mass is 418 g/mol. The molecular formula is C20H26N4O4S. The number of benzene rings is 2. The van der Waals surface area contributed by atoms with E-state index in [0.717, 1.165) is 5.69 Å². The van der Waals surface area contributed by atoms with Crippen molar-refractivity contribution in [2.75, 3.05) is 16.0 Å². The lowest BCUT2D eigenvalue weighted by molar-refractivity contribution is -0.116. The van der Waals surface area contributed by atoms with Gasteiger partial charge < -0.3 is 16.0 Å². The van der Waals surface area contributed by atoms with Gasteiger partial charge in [0.15, 0.2) is 0 Å². The van der Waals surface area contributed by atoms with Crippen molar-refractivity contribution in [2.45, 2.75) is 44.7 Å². The van der Waals surface area contributed by atoms with E-state index in [1.807, 2.05) is 0 Å². The molecule has 2 aromatic rings. The number of amides is 2. The quantitative estimate of drug-likeness (QED) is 0.526. The Morgan fingerprint density at radius 2 is 1.28 bits per heavy atom. The molecule has 2 amide bonds. The third-order valence-electron chi connectivity index (χ3n) is 3.80. The molecule has 8 nitrogen and oxygen atoms in total. The zero-order valence-corrected chi connectivity index (χ0v) is 17.6. The predicted molar refractivity (Wildman–Crippen MR) is 114 cm³/mol. The number of carbonyl (C=O) groups is 2. The van der Waals surface area contributed by atoms with Crippen molar-refractivity contribution in [1.82, 2.24) is 4.72 Å². The van der Waals surface area contributed by atoms with Gasteiger partial charge in [0.05, 0.1) is 4.90 Å². The number of hydrogen-bond donors (Lipinski definition) is 4. The summed E-state index contributed by atoms with van der Waals surface area (Å²) in [4.78, 5) is 23.6. The van der Waals surface area contributed by atoms with Gasteiger partial charge in [0.2, 0.25) is 21.8 Å². The fourth-order valence-corrected chi connectivity index (χ4v) is 3.77. The Kier molecular flexibility index (Phi) is 7.35.